The SMILES string of the molecule is CCCCCCCCCCCC(=O)O[C@H]1CC[C@@]2(C)C(=CC[C@H]3[C@H]4CC[C@H](CCCCCCCC)[C@@]4(C)CC[C@@H]32)C1. The summed E-state index contributed by atoms with van der Waals surface area (Å²) in [5, 5.41) is 0. The van der Waals surface area contributed by atoms with Crippen molar-refractivity contribution in [3.05, 3.63) is 11.6 Å². The van der Waals surface area contributed by atoms with E-state index in [0.717, 1.165) is 42.9 Å². The van der Waals surface area contributed by atoms with Gasteiger partial charge in [0.1, 0.15) is 6.10 Å². The third-order valence-electron chi connectivity index (χ3n) is 12.9. The summed E-state index contributed by atoms with van der Waals surface area (Å²) in [5.74, 6) is 3.72. The number of carbonyl (C=O) groups is 1. The molecule has 0 saturated heterocycles. The maximum atomic E-state index is 12.7. The molecule has 0 spiro atoms. The van der Waals surface area contributed by atoms with Crippen LogP contribution < -0.4 is 0 Å². The molecule has 2 nitrogen and oxygen atoms in total. The summed E-state index contributed by atoms with van der Waals surface area (Å²) in [4.78, 5) is 12.7. The first-order valence-corrected chi connectivity index (χ1v) is 18.8. The van der Waals surface area contributed by atoms with E-state index in [2.05, 4.69) is 33.8 Å². The molecule has 0 aromatic rings. The fourth-order valence-electron chi connectivity index (χ4n) is 10.3. The van der Waals surface area contributed by atoms with Crippen molar-refractivity contribution in [2.75, 3.05) is 0 Å². The molecular weight excluding hydrogens is 500 g/mol. The zero-order valence-electron chi connectivity index (χ0n) is 28.0. The lowest BCUT2D eigenvalue weighted by atomic mass is 9.47. The van der Waals surface area contributed by atoms with Crippen molar-refractivity contribution < 1.29 is 9.53 Å². The second kappa shape index (κ2) is 16.3. The summed E-state index contributed by atoms with van der Waals surface area (Å²) < 4.78 is 6.08. The van der Waals surface area contributed by atoms with E-state index in [1.54, 1.807) is 5.57 Å². The number of unbranched alkanes of at least 4 members (excludes halogenated alkanes) is 13. The highest BCUT2D eigenvalue weighted by molar-refractivity contribution is 5.69. The molecule has 0 amide bonds. The zero-order chi connectivity index (χ0) is 29.1. The number of esters is 1. The van der Waals surface area contributed by atoms with Crippen molar-refractivity contribution in [2.24, 2.45) is 34.5 Å². The standard InChI is InChI=1S/C39H68O2/c1-5-7-9-11-13-14-15-17-19-21-37(40)41-33-26-28-39(4)32(30-33)22-24-34-35-25-23-31(20-18-16-12-10-8-6-2)38(35,3)29-27-36(34)39/h22,31,33-36H,5-21,23-30H2,1-4H3/t31-,33-,34-,35+,36-,38+,39-/m0/s1. The van der Waals surface area contributed by atoms with Crippen molar-refractivity contribution in [3.63, 3.8) is 0 Å². The fourth-order valence-corrected chi connectivity index (χ4v) is 10.3. The van der Waals surface area contributed by atoms with Crippen LogP contribution in [0.25, 0.3) is 0 Å². The molecule has 0 heterocycles. The van der Waals surface area contributed by atoms with Crippen molar-refractivity contribution >= 4 is 5.97 Å². The van der Waals surface area contributed by atoms with Gasteiger partial charge in [0, 0.05) is 12.8 Å². The van der Waals surface area contributed by atoms with Gasteiger partial charge in [0.25, 0.3) is 0 Å². The van der Waals surface area contributed by atoms with Crippen molar-refractivity contribution in [1.29, 1.82) is 0 Å². The molecule has 4 aliphatic rings. The van der Waals surface area contributed by atoms with Gasteiger partial charge in [-0.15, -0.1) is 0 Å². The molecular formula is C39H68O2. The van der Waals surface area contributed by atoms with E-state index in [1.165, 1.54) is 135 Å². The predicted molar refractivity (Wildman–Crippen MR) is 175 cm³/mol. The molecule has 0 radical (unpaired) electrons. The van der Waals surface area contributed by atoms with Gasteiger partial charge >= 0.3 is 5.97 Å². The fraction of sp³-hybridized carbons (Fsp3) is 0.923. The minimum absolute atomic E-state index is 0.0617. The van der Waals surface area contributed by atoms with E-state index in [9.17, 15) is 4.79 Å². The predicted octanol–water partition coefficient (Wildman–Crippen LogP) is 12.1. The van der Waals surface area contributed by atoms with Crippen LogP contribution in [0.1, 0.15) is 188 Å². The Bertz CT molecular complexity index is 814. The van der Waals surface area contributed by atoms with Crippen LogP contribution in [0.5, 0.6) is 0 Å². The van der Waals surface area contributed by atoms with Crippen molar-refractivity contribution in [3.8, 4) is 0 Å². The molecule has 3 saturated carbocycles. The van der Waals surface area contributed by atoms with Gasteiger partial charge in [-0.25, -0.2) is 0 Å². The van der Waals surface area contributed by atoms with Crippen LogP contribution in [0, 0.1) is 34.5 Å². The lowest BCUT2D eigenvalue weighted by Gasteiger charge is -2.58. The van der Waals surface area contributed by atoms with Crippen molar-refractivity contribution in [1.82, 2.24) is 0 Å². The summed E-state index contributed by atoms with van der Waals surface area (Å²) in [6.07, 6.45) is 35.5. The molecule has 0 aromatic carbocycles. The highest BCUT2D eigenvalue weighted by atomic mass is 16.5. The molecule has 0 aromatic heterocycles. The largest absolute Gasteiger partial charge is 0.462 e. The molecule has 0 N–H and O–H groups in total. The smallest absolute Gasteiger partial charge is 0.306 e. The third kappa shape index (κ3) is 8.44. The topological polar surface area (TPSA) is 26.3 Å². The minimum atomic E-state index is 0.0617. The van der Waals surface area contributed by atoms with E-state index in [0.29, 0.717) is 17.3 Å². The average molecular weight is 569 g/mol. The number of hydrogen-bond acceptors (Lipinski definition) is 2. The van der Waals surface area contributed by atoms with Gasteiger partial charge in [0.05, 0.1) is 0 Å². The van der Waals surface area contributed by atoms with E-state index in [4.69, 9.17) is 4.74 Å². The number of hydrogen-bond donors (Lipinski definition) is 0. The first kappa shape index (κ1) is 33.1. The Balaban J connectivity index is 1.20. The normalized spacial score (nSPS) is 34.4. The molecule has 3 fully saturated rings. The Morgan fingerprint density at radius 2 is 1.39 bits per heavy atom. The van der Waals surface area contributed by atoms with E-state index >= 15 is 0 Å². The second-order valence-corrected chi connectivity index (χ2v) is 15.6. The van der Waals surface area contributed by atoms with E-state index in [-0.39, 0.29) is 12.1 Å². The number of rotatable bonds is 18. The summed E-state index contributed by atoms with van der Waals surface area (Å²) >= 11 is 0. The Morgan fingerprint density at radius 1 is 0.756 bits per heavy atom. The lowest BCUT2D eigenvalue weighted by Crippen LogP contribution is -2.50. The van der Waals surface area contributed by atoms with Gasteiger partial charge in [-0.3, -0.25) is 4.79 Å². The number of ether oxygens (including phenoxy) is 1. The lowest BCUT2D eigenvalue weighted by molar-refractivity contribution is -0.151. The molecule has 4 rings (SSSR count). The van der Waals surface area contributed by atoms with Crippen LogP contribution in [-0.2, 0) is 9.53 Å². The van der Waals surface area contributed by atoms with Gasteiger partial charge in [0.2, 0.25) is 0 Å². The monoisotopic (exact) mass is 569 g/mol. The van der Waals surface area contributed by atoms with Gasteiger partial charge in [-0.05, 0) is 92.3 Å². The van der Waals surface area contributed by atoms with Crippen LogP contribution in [0.15, 0.2) is 11.6 Å². The van der Waals surface area contributed by atoms with Gasteiger partial charge < -0.3 is 4.74 Å². The summed E-state index contributed by atoms with van der Waals surface area (Å²) in [6, 6.07) is 0. The van der Waals surface area contributed by atoms with Crippen LogP contribution >= 0.6 is 0 Å². The molecule has 0 bridgehead atoms. The van der Waals surface area contributed by atoms with Gasteiger partial charge in [0.15, 0.2) is 0 Å². The summed E-state index contributed by atoms with van der Waals surface area (Å²) in [6.45, 7) is 9.90. The Labute approximate surface area is 255 Å². The molecule has 0 unspecified atom stereocenters. The van der Waals surface area contributed by atoms with E-state index < -0.39 is 0 Å². The second-order valence-electron chi connectivity index (χ2n) is 15.6. The summed E-state index contributed by atoms with van der Waals surface area (Å²) in [7, 11) is 0. The summed E-state index contributed by atoms with van der Waals surface area (Å²) in [5.41, 5.74) is 2.59. The molecule has 236 valence electrons. The third-order valence-corrected chi connectivity index (χ3v) is 12.9. The quantitative estimate of drug-likeness (QED) is 0.0933. The highest BCUT2D eigenvalue weighted by Crippen LogP contribution is 2.66. The maximum Gasteiger partial charge on any atom is 0.306 e. The zero-order valence-corrected chi connectivity index (χ0v) is 28.0. The average Bonchev–Trinajstić information content (AvgIpc) is 3.30. The maximum absolute atomic E-state index is 12.7. The molecule has 4 aliphatic carbocycles. The Morgan fingerprint density at radius 3 is 2.07 bits per heavy atom. The van der Waals surface area contributed by atoms with Crippen LogP contribution in [-0.4, -0.2) is 12.1 Å². The van der Waals surface area contributed by atoms with Gasteiger partial charge in [-0.2, -0.15) is 0 Å². The first-order valence-electron chi connectivity index (χ1n) is 18.8. The Hall–Kier alpha value is -0.790. The first-order chi connectivity index (χ1) is 19.9. The highest BCUT2D eigenvalue weighted by Gasteiger charge is 2.58. The number of allylic oxidation sites excluding steroid dienone is 1. The number of carbonyl (C=O) groups excluding carboxylic acids is 1. The molecule has 7 atom stereocenters. The van der Waals surface area contributed by atoms with Crippen LogP contribution in [0.2, 0.25) is 0 Å². The van der Waals surface area contributed by atoms with Crippen LogP contribution in [0.3, 0.4) is 0 Å². The Kier molecular flexibility index (Phi) is 13.2. The van der Waals surface area contributed by atoms with Crippen molar-refractivity contribution in [2.45, 2.75) is 194 Å². The minimum Gasteiger partial charge on any atom is -0.462 e. The molecule has 0 aliphatic heterocycles. The van der Waals surface area contributed by atoms with Crippen LogP contribution in [0.4, 0.5) is 0 Å². The molecule has 41 heavy (non-hydrogen) atoms. The molecule has 2 heteroatoms. The van der Waals surface area contributed by atoms with E-state index in [1.807, 2.05) is 0 Å². The van der Waals surface area contributed by atoms with Gasteiger partial charge in [-0.1, -0.05) is 129 Å². The number of fused-ring (bicyclic) bond motifs is 5.